The van der Waals surface area contributed by atoms with Crippen molar-refractivity contribution in [2.24, 2.45) is 0 Å². The highest BCUT2D eigenvalue weighted by Crippen LogP contribution is 2.26. The van der Waals surface area contributed by atoms with E-state index in [1.807, 2.05) is 47.4 Å². The molecule has 1 aliphatic heterocycles. The summed E-state index contributed by atoms with van der Waals surface area (Å²) >= 11 is 0. The second-order valence-corrected chi connectivity index (χ2v) is 6.65. The number of aromatic nitrogens is 3. The number of carbonyl (C=O) groups is 1. The van der Waals surface area contributed by atoms with Gasteiger partial charge < -0.3 is 9.88 Å². The van der Waals surface area contributed by atoms with Crippen molar-refractivity contribution in [2.45, 2.75) is 19.3 Å². The molecule has 0 atom stereocenters. The summed E-state index contributed by atoms with van der Waals surface area (Å²) in [7, 11) is 0. The van der Waals surface area contributed by atoms with E-state index >= 15 is 0 Å². The van der Waals surface area contributed by atoms with Crippen LogP contribution in [-0.4, -0.2) is 38.8 Å². The van der Waals surface area contributed by atoms with E-state index in [-0.39, 0.29) is 5.91 Å². The van der Waals surface area contributed by atoms with Gasteiger partial charge in [0.15, 0.2) is 5.65 Å². The normalized spacial score (nSPS) is 15.3. The molecule has 5 heteroatoms. The Bertz CT molecular complexity index is 1110. The molecule has 0 saturated carbocycles. The number of hydrogen-bond donors (Lipinski definition) is 1. The van der Waals surface area contributed by atoms with Crippen molar-refractivity contribution in [2.75, 3.05) is 13.1 Å². The van der Waals surface area contributed by atoms with Crippen LogP contribution in [0.3, 0.4) is 0 Å². The number of nitrogens with one attached hydrogen (secondary N) is 1. The lowest BCUT2D eigenvalue weighted by Crippen LogP contribution is -2.35. The fourth-order valence-electron chi connectivity index (χ4n) is 3.66. The second kappa shape index (κ2) is 5.55. The van der Waals surface area contributed by atoms with E-state index in [0.29, 0.717) is 0 Å². The molecule has 124 valence electrons. The average molecular weight is 330 g/mol. The van der Waals surface area contributed by atoms with Crippen molar-refractivity contribution in [3.63, 3.8) is 0 Å². The molecule has 5 rings (SSSR count). The molecule has 1 aliphatic rings. The van der Waals surface area contributed by atoms with E-state index < -0.39 is 0 Å². The number of likely N-dealkylation sites (tertiary alicyclic amines) is 1. The Kier molecular flexibility index (Phi) is 3.20. The van der Waals surface area contributed by atoms with E-state index in [2.05, 4.69) is 9.97 Å². The van der Waals surface area contributed by atoms with Crippen molar-refractivity contribution < 1.29 is 4.79 Å². The molecule has 1 amide bonds. The summed E-state index contributed by atoms with van der Waals surface area (Å²) in [6, 6.07) is 13.6. The third-order valence-electron chi connectivity index (χ3n) is 4.99. The molecular weight excluding hydrogens is 312 g/mol. The predicted molar refractivity (Wildman–Crippen MR) is 98.7 cm³/mol. The van der Waals surface area contributed by atoms with Crippen molar-refractivity contribution in [1.82, 2.24) is 19.9 Å². The van der Waals surface area contributed by atoms with Crippen LogP contribution in [-0.2, 0) is 0 Å². The number of para-hydroxylation sites is 2. The van der Waals surface area contributed by atoms with Gasteiger partial charge in [0.1, 0.15) is 5.52 Å². The van der Waals surface area contributed by atoms with E-state index in [0.717, 1.165) is 64.6 Å². The highest BCUT2D eigenvalue weighted by Gasteiger charge is 2.19. The van der Waals surface area contributed by atoms with Gasteiger partial charge >= 0.3 is 0 Å². The summed E-state index contributed by atoms with van der Waals surface area (Å²) in [5, 5.41) is 0.955. The maximum Gasteiger partial charge on any atom is 0.253 e. The summed E-state index contributed by atoms with van der Waals surface area (Å²) in [6.45, 7) is 1.71. The minimum absolute atomic E-state index is 0.115. The van der Waals surface area contributed by atoms with Crippen molar-refractivity contribution in [1.29, 1.82) is 0 Å². The second-order valence-electron chi connectivity index (χ2n) is 6.65. The molecule has 4 aromatic rings. The molecular formula is C20H18N4O. The Balaban J connectivity index is 1.66. The number of fused-ring (bicyclic) bond motifs is 4. The molecule has 2 aromatic carbocycles. The van der Waals surface area contributed by atoms with Gasteiger partial charge in [-0.15, -0.1) is 0 Å². The number of amides is 1. The first kappa shape index (κ1) is 14.4. The average Bonchev–Trinajstić information content (AvgIpc) is 3.03. The zero-order chi connectivity index (χ0) is 16.8. The van der Waals surface area contributed by atoms with Crippen molar-refractivity contribution >= 4 is 39.0 Å². The summed E-state index contributed by atoms with van der Waals surface area (Å²) < 4.78 is 0. The standard InChI is InChI=1S/C20H18N4O/c25-20(24-10-4-1-5-11-24)13-8-9-15-14(12-13)18-19(22-15)23-17-7-3-2-6-16(17)21-18/h2-3,6-9,12H,1,4-5,10-11H2,(H,22,23). The zero-order valence-electron chi connectivity index (χ0n) is 13.8. The number of piperidine rings is 1. The van der Waals surface area contributed by atoms with Crippen LogP contribution in [0.2, 0.25) is 0 Å². The van der Waals surface area contributed by atoms with Crippen molar-refractivity contribution in [3.8, 4) is 0 Å². The maximum atomic E-state index is 12.8. The third-order valence-corrected chi connectivity index (χ3v) is 4.99. The topological polar surface area (TPSA) is 61.9 Å². The van der Waals surface area contributed by atoms with Crippen LogP contribution < -0.4 is 0 Å². The molecule has 3 heterocycles. The van der Waals surface area contributed by atoms with Gasteiger partial charge in [-0.25, -0.2) is 9.97 Å². The van der Waals surface area contributed by atoms with Crippen LogP contribution >= 0.6 is 0 Å². The number of hydrogen-bond acceptors (Lipinski definition) is 3. The first-order chi connectivity index (χ1) is 12.3. The SMILES string of the molecule is O=C(c1ccc2[nH]c3nc4ccccc4nc3c2c1)N1CCCCC1. The van der Waals surface area contributed by atoms with Gasteiger partial charge in [0.05, 0.1) is 11.0 Å². The molecule has 25 heavy (non-hydrogen) atoms. The number of rotatable bonds is 1. The lowest BCUT2D eigenvalue weighted by atomic mass is 10.1. The maximum absolute atomic E-state index is 12.8. The Morgan fingerprint density at radius 1 is 0.960 bits per heavy atom. The molecule has 0 unspecified atom stereocenters. The molecule has 0 bridgehead atoms. The summed E-state index contributed by atoms with van der Waals surface area (Å²) in [5.74, 6) is 0.115. The third kappa shape index (κ3) is 2.35. The minimum Gasteiger partial charge on any atom is -0.339 e. The highest BCUT2D eigenvalue weighted by molar-refractivity contribution is 6.08. The Morgan fingerprint density at radius 3 is 2.52 bits per heavy atom. The van der Waals surface area contributed by atoms with E-state index in [9.17, 15) is 4.79 Å². The van der Waals surface area contributed by atoms with Gasteiger partial charge in [-0.2, -0.15) is 0 Å². The van der Waals surface area contributed by atoms with Gasteiger partial charge in [-0.3, -0.25) is 4.79 Å². The first-order valence-electron chi connectivity index (χ1n) is 8.77. The van der Waals surface area contributed by atoms with E-state index in [1.54, 1.807) is 0 Å². The van der Waals surface area contributed by atoms with Crippen molar-refractivity contribution in [3.05, 3.63) is 48.0 Å². The molecule has 2 aromatic heterocycles. The molecule has 0 aliphatic carbocycles. The van der Waals surface area contributed by atoms with Crippen LogP contribution in [0.25, 0.3) is 33.1 Å². The number of H-pyrrole nitrogens is 1. The van der Waals surface area contributed by atoms with Crippen LogP contribution in [0.1, 0.15) is 29.6 Å². The van der Waals surface area contributed by atoms with Gasteiger partial charge in [-0.1, -0.05) is 12.1 Å². The predicted octanol–water partition coefficient (Wildman–Crippen LogP) is 3.89. The van der Waals surface area contributed by atoms with Crippen LogP contribution in [0.15, 0.2) is 42.5 Å². The number of carbonyl (C=O) groups excluding carboxylic acids is 1. The Labute approximate surface area is 144 Å². The number of nitrogens with zero attached hydrogens (tertiary/aromatic N) is 3. The lowest BCUT2D eigenvalue weighted by Gasteiger charge is -2.26. The smallest absolute Gasteiger partial charge is 0.253 e. The number of benzene rings is 2. The van der Waals surface area contributed by atoms with Gasteiger partial charge in [0.2, 0.25) is 0 Å². The molecule has 1 fully saturated rings. The van der Waals surface area contributed by atoms with Crippen LogP contribution in [0.5, 0.6) is 0 Å². The minimum atomic E-state index is 0.115. The lowest BCUT2D eigenvalue weighted by molar-refractivity contribution is 0.0724. The Hall–Kier alpha value is -2.95. The summed E-state index contributed by atoms with van der Waals surface area (Å²) in [4.78, 5) is 27.5. The molecule has 5 nitrogen and oxygen atoms in total. The molecule has 0 radical (unpaired) electrons. The van der Waals surface area contributed by atoms with Gasteiger partial charge in [0, 0.05) is 29.6 Å². The quantitative estimate of drug-likeness (QED) is 0.576. The number of aromatic amines is 1. The zero-order valence-corrected chi connectivity index (χ0v) is 13.8. The largest absolute Gasteiger partial charge is 0.339 e. The molecule has 1 saturated heterocycles. The Morgan fingerprint density at radius 2 is 1.72 bits per heavy atom. The summed E-state index contributed by atoms with van der Waals surface area (Å²) in [5.41, 5.74) is 5.00. The summed E-state index contributed by atoms with van der Waals surface area (Å²) in [6.07, 6.45) is 3.41. The van der Waals surface area contributed by atoms with Gasteiger partial charge in [0.25, 0.3) is 5.91 Å². The fraction of sp³-hybridized carbons (Fsp3) is 0.250. The monoisotopic (exact) mass is 330 g/mol. The molecule has 0 spiro atoms. The highest BCUT2D eigenvalue weighted by atomic mass is 16.2. The molecule has 1 N–H and O–H groups in total. The van der Waals surface area contributed by atoms with Crippen LogP contribution in [0, 0.1) is 0 Å². The van der Waals surface area contributed by atoms with Crippen LogP contribution in [0.4, 0.5) is 0 Å². The van der Waals surface area contributed by atoms with E-state index in [1.165, 1.54) is 6.42 Å². The fourth-order valence-corrected chi connectivity index (χ4v) is 3.66. The first-order valence-corrected chi connectivity index (χ1v) is 8.77. The van der Waals surface area contributed by atoms with Gasteiger partial charge in [-0.05, 0) is 49.6 Å². The van der Waals surface area contributed by atoms with E-state index in [4.69, 9.17) is 4.98 Å².